The van der Waals surface area contributed by atoms with Crippen molar-refractivity contribution in [1.29, 1.82) is 0 Å². The molecular weight excluding hydrogens is 266 g/mol. The first-order valence-electron chi connectivity index (χ1n) is 6.52. The van der Waals surface area contributed by atoms with Crippen molar-refractivity contribution in [3.8, 4) is 21.8 Å². The zero-order chi connectivity index (χ0) is 13.8. The summed E-state index contributed by atoms with van der Waals surface area (Å²) >= 11 is 1.64. The first-order valence-corrected chi connectivity index (χ1v) is 7.40. The molecule has 0 saturated heterocycles. The highest BCUT2D eigenvalue weighted by Gasteiger charge is 2.06. The Morgan fingerprint density at radius 1 is 1.05 bits per heavy atom. The van der Waals surface area contributed by atoms with E-state index < -0.39 is 0 Å². The smallest absolute Gasteiger partial charge is 0.125 e. The van der Waals surface area contributed by atoms with Gasteiger partial charge < -0.3 is 5.73 Å². The van der Waals surface area contributed by atoms with Gasteiger partial charge in [-0.25, -0.2) is 4.98 Å². The third-order valence-corrected chi connectivity index (χ3v) is 3.99. The molecule has 0 spiro atoms. The molecule has 1 aromatic carbocycles. The number of nitrogens with zero attached hydrogens (tertiary/aromatic N) is 2. The maximum absolute atomic E-state index is 5.56. The van der Waals surface area contributed by atoms with Gasteiger partial charge >= 0.3 is 0 Å². The van der Waals surface area contributed by atoms with Crippen LogP contribution in [-0.4, -0.2) is 16.5 Å². The maximum Gasteiger partial charge on any atom is 0.125 e. The molecule has 0 fully saturated rings. The predicted octanol–water partition coefficient (Wildman–Crippen LogP) is 3.37. The summed E-state index contributed by atoms with van der Waals surface area (Å²) in [6.07, 6.45) is 4.53. The molecule has 0 bridgehead atoms. The summed E-state index contributed by atoms with van der Waals surface area (Å²) in [7, 11) is 0. The van der Waals surface area contributed by atoms with Crippen molar-refractivity contribution in [2.75, 3.05) is 6.54 Å². The van der Waals surface area contributed by atoms with E-state index in [4.69, 9.17) is 5.73 Å². The lowest BCUT2D eigenvalue weighted by Crippen LogP contribution is -2.02. The van der Waals surface area contributed by atoms with Crippen molar-refractivity contribution in [3.05, 3.63) is 59.7 Å². The minimum atomic E-state index is 0.682. The van der Waals surface area contributed by atoms with Gasteiger partial charge in [0.1, 0.15) is 5.01 Å². The molecule has 3 nitrogen and oxygen atoms in total. The molecule has 20 heavy (non-hydrogen) atoms. The fourth-order valence-electron chi connectivity index (χ4n) is 2.04. The van der Waals surface area contributed by atoms with Crippen LogP contribution in [0.1, 0.15) is 5.56 Å². The van der Waals surface area contributed by atoms with E-state index >= 15 is 0 Å². The second-order valence-corrected chi connectivity index (χ2v) is 5.37. The van der Waals surface area contributed by atoms with Crippen LogP contribution in [0.15, 0.2) is 54.2 Å². The highest BCUT2D eigenvalue weighted by Crippen LogP contribution is 2.28. The Balaban J connectivity index is 1.86. The fourth-order valence-corrected chi connectivity index (χ4v) is 2.86. The molecule has 3 aromatic rings. The lowest BCUT2D eigenvalue weighted by atomic mass is 10.1. The average Bonchev–Trinajstić information content (AvgIpc) is 2.99. The van der Waals surface area contributed by atoms with Crippen molar-refractivity contribution in [2.24, 2.45) is 5.73 Å². The predicted molar refractivity (Wildman–Crippen MR) is 83.5 cm³/mol. The molecule has 100 valence electrons. The molecule has 0 aliphatic carbocycles. The SMILES string of the molecule is NCCc1ccc(-c2csc(-c3cccnc3)n2)cc1. The van der Waals surface area contributed by atoms with Gasteiger partial charge in [0.2, 0.25) is 0 Å². The third kappa shape index (κ3) is 2.76. The van der Waals surface area contributed by atoms with Crippen molar-refractivity contribution < 1.29 is 0 Å². The second-order valence-electron chi connectivity index (χ2n) is 4.52. The first-order chi connectivity index (χ1) is 9.86. The van der Waals surface area contributed by atoms with Gasteiger partial charge in [0, 0.05) is 28.9 Å². The molecule has 0 radical (unpaired) electrons. The van der Waals surface area contributed by atoms with E-state index in [2.05, 4.69) is 39.6 Å². The largest absolute Gasteiger partial charge is 0.330 e. The Morgan fingerprint density at radius 3 is 2.60 bits per heavy atom. The van der Waals surface area contributed by atoms with Crippen LogP contribution in [0.4, 0.5) is 0 Å². The van der Waals surface area contributed by atoms with Crippen LogP contribution in [0.25, 0.3) is 21.8 Å². The second kappa shape index (κ2) is 5.94. The zero-order valence-electron chi connectivity index (χ0n) is 11.0. The van der Waals surface area contributed by atoms with Gasteiger partial charge in [-0.2, -0.15) is 0 Å². The molecule has 2 heterocycles. The Kier molecular flexibility index (Phi) is 3.85. The quantitative estimate of drug-likeness (QED) is 0.797. The van der Waals surface area contributed by atoms with Crippen molar-refractivity contribution in [2.45, 2.75) is 6.42 Å². The molecule has 3 rings (SSSR count). The molecule has 2 aromatic heterocycles. The van der Waals surface area contributed by atoms with Gasteiger partial charge in [0.25, 0.3) is 0 Å². The third-order valence-electron chi connectivity index (χ3n) is 3.10. The summed E-state index contributed by atoms with van der Waals surface area (Å²) in [5, 5.41) is 3.08. The van der Waals surface area contributed by atoms with Crippen molar-refractivity contribution in [1.82, 2.24) is 9.97 Å². The van der Waals surface area contributed by atoms with Gasteiger partial charge in [0.15, 0.2) is 0 Å². The number of hydrogen-bond donors (Lipinski definition) is 1. The van der Waals surface area contributed by atoms with Crippen LogP contribution in [0.2, 0.25) is 0 Å². The number of benzene rings is 1. The minimum absolute atomic E-state index is 0.682. The Hall–Kier alpha value is -2.04. The van der Waals surface area contributed by atoms with Crippen LogP contribution >= 0.6 is 11.3 Å². The molecule has 4 heteroatoms. The summed E-state index contributed by atoms with van der Waals surface area (Å²) in [6.45, 7) is 0.682. The van der Waals surface area contributed by atoms with E-state index in [9.17, 15) is 0 Å². The molecule has 0 saturated carbocycles. The van der Waals surface area contributed by atoms with Crippen LogP contribution in [0.3, 0.4) is 0 Å². The molecule has 2 N–H and O–H groups in total. The number of thiazole rings is 1. The summed E-state index contributed by atoms with van der Waals surface area (Å²) in [5.74, 6) is 0. The number of pyridine rings is 1. The molecule has 0 aliphatic rings. The minimum Gasteiger partial charge on any atom is -0.330 e. The molecule has 0 unspecified atom stereocenters. The molecular formula is C16H15N3S. The highest BCUT2D eigenvalue weighted by atomic mass is 32.1. The van der Waals surface area contributed by atoms with Gasteiger partial charge in [-0.1, -0.05) is 24.3 Å². The van der Waals surface area contributed by atoms with E-state index in [1.165, 1.54) is 5.56 Å². The van der Waals surface area contributed by atoms with Crippen LogP contribution in [0, 0.1) is 0 Å². The number of nitrogens with two attached hydrogens (primary N) is 1. The van der Waals surface area contributed by atoms with Crippen LogP contribution in [-0.2, 0) is 6.42 Å². The van der Waals surface area contributed by atoms with Gasteiger partial charge in [-0.05, 0) is 30.7 Å². The summed E-state index contributed by atoms with van der Waals surface area (Å²) in [6, 6.07) is 12.4. The normalized spacial score (nSPS) is 10.7. The number of aromatic nitrogens is 2. The summed E-state index contributed by atoms with van der Waals surface area (Å²) < 4.78 is 0. The number of rotatable bonds is 4. The van der Waals surface area contributed by atoms with E-state index in [0.29, 0.717) is 6.54 Å². The monoisotopic (exact) mass is 281 g/mol. The lowest BCUT2D eigenvalue weighted by molar-refractivity contribution is 0.969. The zero-order valence-corrected chi connectivity index (χ0v) is 11.8. The molecule has 0 amide bonds. The molecule has 0 aliphatic heterocycles. The maximum atomic E-state index is 5.56. The fraction of sp³-hybridized carbons (Fsp3) is 0.125. The number of hydrogen-bond acceptors (Lipinski definition) is 4. The molecule has 0 atom stereocenters. The van der Waals surface area contributed by atoms with Crippen LogP contribution < -0.4 is 5.73 Å². The topological polar surface area (TPSA) is 51.8 Å². The van der Waals surface area contributed by atoms with E-state index in [1.807, 2.05) is 18.3 Å². The summed E-state index contributed by atoms with van der Waals surface area (Å²) in [5.41, 5.74) is 10.0. The average molecular weight is 281 g/mol. The first kappa shape index (κ1) is 13.0. The Morgan fingerprint density at radius 2 is 1.90 bits per heavy atom. The van der Waals surface area contributed by atoms with Gasteiger partial charge in [-0.15, -0.1) is 11.3 Å². The standard InChI is InChI=1S/C16H15N3S/c17-8-7-12-3-5-13(6-4-12)15-11-20-16(19-15)14-2-1-9-18-10-14/h1-6,9-11H,7-8,17H2. The van der Waals surface area contributed by atoms with E-state index in [-0.39, 0.29) is 0 Å². The summed E-state index contributed by atoms with van der Waals surface area (Å²) in [4.78, 5) is 8.81. The van der Waals surface area contributed by atoms with Crippen molar-refractivity contribution >= 4 is 11.3 Å². The van der Waals surface area contributed by atoms with Crippen LogP contribution in [0.5, 0.6) is 0 Å². The Bertz CT molecular complexity index is 674. The Labute approximate surface area is 122 Å². The van der Waals surface area contributed by atoms with E-state index in [1.54, 1.807) is 17.5 Å². The van der Waals surface area contributed by atoms with Gasteiger partial charge in [-0.3, -0.25) is 4.98 Å². The highest BCUT2D eigenvalue weighted by molar-refractivity contribution is 7.13. The lowest BCUT2D eigenvalue weighted by Gasteiger charge is -2.00. The van der Waals surface area contributed by atoms with Crippen molar-refractivity contribution in [3.63, 3.8) is 0 Å². The van der Waals surface area contributed by atoms with Gasteiger partial charge in [0.05, 0.1) is 5.69 Å². The van der Waals surface area contributed by atoms with E-state index in [0.717, 1.165) is 28.2 Å².